The van der Waals surface area contributed by atoms with Gasteiger partial charge in [-0.15, -0.1) is 0 Å². The van der Waals surface area contributed by atoms with Gasteiger partial charge in [-0.2, -0.15) is 30.7 Å². The summed E-state index contributed by atoms with van der Waals surface area (Å²) in [6.45, 7) is 0. The number of sulfone groups is 3. The first-order valence-electron chi connectivity index (χ1n) is 9.04. The second-order valence-electron chi connectivity index (χ2n) is 7.41. The molecule has 11 nitrogen and oxygen atoms in total. The number of carbonyl (C=O) groups excluding carboxylic acids is 1. The highest BCUT2D eigenvalue weighted by Crippen LogP contribution is 2.51. The lowest BCUT2D eigenvalue weighted by atomic mass is 10.3. The molecule has 1 aliphatic heterocycles. The molecule has 0 spiro atoms. The van der Waals surface area contributed by atoms with Crippen molar-refractivity contribution in [1.29, 1.82) is 0 Å². The zero-order valence-corrected chi connectivity index (χ0v) is 19.6. The highest BCUT2D eigenvalue weighted by Gasteiger charge is 2.78. The van der Waals surface area contributed by atoms with Crippen molar-refractivity contribution in [3.05, 3.63) is 28.3 Å². The Morgan fingerprint density at radius 1 is 1.08 bits per heavy atom. The summed E-state index contributed by atoms with van der Waals surface area (Å²) in [5.41, 5.74) is -1.82. The molecule has 1 fully saturated rings. The van der Waals surface area contributed by atoms with E-state index in [1.165, 1.54) is 0 Å². The smallest absolute Gasteiger partial charge is 0.351 e. The molecule has 204 valence electrons. The van der Waals surface area contributed by atoms with Crippen LogP contribution in [-0.4, -0.2) is 76.7 Å². The molecule has 21 heteroatoms. The van der Waals surface area contributed by atoms with Gasteiger partial charge in [0.15, 0.2) is 19.7 Å². The van der Waals surface area contributed by atoms with Gasteiger partial charge in [-0.3, -0.25) is 14.9 Å². The van der Waals surface area contributed by atoms with Crippen LogP contribution in [0.5, 0.6) is 0 Å². The second-order valence-corrected chi connectivity index (χ2v) is 13.6. The summed E-state index contributed by atoms with van der Waals surface area (Å²) in [5.74, 6) is -10.9. The highest BCUT2D eigenvalue weighted by atomic mass is 32.2. The Labute approximate surface area is 197 Å². The maximum absolute atomic E-state index is 13.8. The molecule has 1 aromatic rings. The number of rotatable bonds is 8. The lowest BCUT2D eigenvalue weighted by molar-refractivity contribution is -0.388. The van der Waals surface area contributed by atoms with E-state index in [0.717, 1.165) is 0 Å². The van der Waals surface area contributed by atoms with E-state index in [1.807, 2.05) is 5.32 Å². The monoisotopic (exact) mass is 594 g/mol. The van der Waals surface area contributed by atoms with E-state index in [1.54, 1.807) is 0 Å². The number of nitro groups is 1. The molecular weight excluding hydrogens is 581 g/mol. The van der Waals surface area contributed by atoms with Crippen LogP contribution in [0.3, 0.4) is 0 Å². The molecule has 1 heterocycles. The van der Waals surface area contributed by atoms with E-state index in [-0.39, 0.29) is 24.3 Å². The van der Waals surface area contributed by atoms with Crippen LogP contribution in [0.15, 0.2) is 28.0 Å². The molecule has 1 atom stereocenters. The minimum Gasteiger partial charge on any atom is -0.351 e. The molecule has 0 radical (unpaired) electrons. The van der Waals surface area contributed by atoms with Crippen molar-refractivity contribution in [2.24, 2.45) is 0 Å². The van der Waals surface area contributed by atoms with Gasteiger partial charge in [0.05, 0.1) is 21.3 Å². The third kappa shape index (κ3) is 5.41. The third-order valence-corrected chi connectivity index (χ3v) is 9.98. The number of halogens is 7. The van der Waals surface area contributed by atoms with Crippen molar-refractivity contribution in [2.75, 3.05) is 17.3 Å². The molecule has 36 heavy (non-hydrogen) atoms. The van der Waals surface area contributed by atoms with Gasteiger partial charge in [0.1, 0.15) is 10.6 Å². The molecule has 1 amide bonds. The largest absolute Gasteiger partial charge is 0.461 e. The normalized spacial score (nSPS) is 19.1. The summed E-state index contributed by atoms with van der Waals surface area (Å²) in [7, 11) is -15.6. The first kappa shape index (κ1) is 29.7. The first-order valence-corrected chi connectivity index (χ1v) is 14.0. The van der Waals surface area contributed by atoms with Gasteiger partial charge >= 0.3 is 17.4 Å². The molecule has 0 aromatic heterocycles. The van der Waals surface area contributed by atoms with Crippen LogP contribution >= 0.6 is 0 Å². The standard InChI is InChI=1S/C15H13F7N2O9S3/c16-13(17,14(18,19)20)15(21,22)36(32,33)9-1-2-11(10(5-9)24(26)27)35(30,31)7-12(25)23-8-3-4-34(28,29)6-8/h1-2,5,8H,3-4,6-7H2,(H,23,25)/t8-/m1/s1. The molecule has 0 unspecified atom stereocenters. The fourth-order valence-corrected chi connectivity index (χ4v) is 7.23. The number of hydrogen-bond donors (Lipinski definition) is 1. The molecule has 0 aliphatic carbocycles. The quantitative estimate of drug-likeness (QED) is 0.264. The minimum absolute atomic E-state index is 0.0323. The van der Waals surface area contributed by atoms with E-state index < -0.39 is 96.8 Å². The van der Waals surface area contributed by atoms with Crippen LogP contribution < -0.4 is 5.32 Å². The van der Waals surface area contributed by atoms with Crippen LogP contribution in [0.25, 0.3) is 0 Å². The van der Waals surface area contributed by atoms with Gasteiger partial charge in [-0.05, 0) is 18.6 Å². The summed E-state index contributed by atoms with van der Waals surface area (Å²) >= 11 is 0. The van der Waals surface area contributed by atoms with E-state index in [0.29, 0.717) is 0 Å². The van der Waals surface area contributed by atoms with Crippen molar-refractivity contribution in [3.63, 3.8) is 0 Å². The number of benzene rings is 1. The zero-order chi connectivity index (χ0) is 28.1. The molecular formula is C15H13F7N2O9S3. The third-order valence-electron chi connectivity index (χ3n) is 4.75. The average molecular weight is 594 g/mol. The molecule has 0 bridgehead atoms. The highest BCUT2D eigenvalue weighted by molar-refractivity contribution is 7.93. The van der Waals surface area contributed by atoms with E-state index in [2.05, 4.69) is 0 Å². The molecule has 1 N–H and O–H groups in total. The van der Waals surface area contributed by atoms with Crippen molar-refractivity contribution in [3.8, 4) is 0 Å². The Morgan fingerprint density at radius 2 is 1.64 bits per heavy atom. The van der Waals surface area contributed by atoms with E-state index >= 15 is 0 Å². The second kappa shape index (κ2) is 9.08. The topological polar surface area (TPSA) is 175 Å². The Kier molecular flexibility index (Phi) is 7.49. The fraction of sp³-hybridized carbons (Fsp3) is 0.533. The van der Waals surface area contributed by atoms with Crippen LogP contribution in [0.4, 0.5) is 36.4 Å². The fourth-order valence-electron chi connectivity index (χ4n) is 2.98. The maximum atomic E-state index is 13.8. The first-order chi connectivity index (χ1) is 16.0. The van der Waals surface area contributed by atoms with Gasteiger partial charge in [0.25, 0.3) is 15.5 Å². The van der Waals surface area contributed by atoms with E-state index in [9.17, 15) is 70.9 Å². The predicted molar refractivity (Wildman–Crippen MR) is 103 cm³/mol. The van der Waals surface area contributed by atoms with Gasteiger partial charge in [0.2, 0.25) is 5.91 Å². The SMILES string of the molecule is O=C(CS(=O)(=O)c1ccc(S(=O)(=O)C(F)(F)C(F)(F)C(F)(F)F)cc1[N+](=O)[O-])N[C@@H]1CCS(=O)(=O)C1. The molecule has 2 rings (SSSR count). The number of hydrogen-bond acceptors (Lipinski definition) is 9. The predicted octanol–water partition coefficient (Wildman–Crippen LogP) is 1.24. The number of nitro benzene ring substituents is 1. The minimum atomic E-state index is -7.13. The number of amides is 1. The number of nitrogens with one attached hydrogen (secondary N) is 1. The number of alkyl halides is 7. The number of carbonyl (C=O) groups is 1. The van der Waals surface area contributed by atoms with Crippen LogP contribution in [0, 0.1) is 10.1 Å². The maximum Gasteiger partial charge on any atom is 0.461 e. The Balaban J connectivity index is 2.46. The Bertz CT molecular complexity index is 1410. The van der Waals surface area contributed by atoms with Crippen LogP contribution in [0.2, 0.25) is 0 Å². The summed E-state index contributed by atoms with van der Waals surface area (Å²) < 4.78 is 163. The Morgan fingerprint density at radius 3 is 2.08 bits per heavy atom. The summed E-state index contributed by atoms with van der Waals surface area (Å²) in [4.78, 5) is 18.0. The van der Waals surface area contributed by atoms with Gasteiger partial charge in [-0.1, -0.05) is 0 Å². The van der Waals surface area contributed by atoms with Crippen molar-refractivity contribution in [2.45, 2.75) is 39.6 Å². The van der Waals surface area contributed by atoms with Crippen LogP contribution in [-0.2, 0) is 34.3 Å². The van der Waals surface area contributed by atoms with Crippen molar-refractivity contribution >= 4 is 41.1 Å². The van der Waals surface area contributed by atoms with E-state index in [4.69, 9.17) is 0 Å². The van der Waals surface area contributed by atoms with Gasteiger partial charge in [-0.25, -0.2) is 25.3 Å². The molecule has 1 aliphatic rings. The van der Waals surface area contributed by atoms with Crippen LogP contribution in [0.1, 0.15) is 6.42 Å². The van der Waals surface area contributed by atoms with Crippen molar-refractivity contribution in [1.82, 2.24) is 5.32 Å². The van der Waals surface area contributed by atoms with Gasteiger partial charge in [0, 0.05) is 12.1 Å². The number of nitrogens with zero attached hydrogens (tertiary/aromatic N) is 1. The summed E-state index contributed by atoms with van der Waals surface area (Å²) in [6, 6.07) is -1.67. The average Bonchev–Trinajstić information content (AvgIpc) is 3.03. The van der Waals surface area contributed by atoms with Gasteiger partial charge < -0.3 is 5.32 Å². The molecule has 0 saturated carbocycles. The Hall–Kier alpha value is -2.55. The van der Waals surface area contributed by atoms with Crippen molar-refractivity contribution < 1.29 is 65.7 Å². The zero-order valence-electron chi connectivity index (χ0n) is 17.1. The lowest BCUT2D eigenvalue weighted by Crippen LogP contribution is -2.55. The summed E-state index contributed by atoms with van der Waals surface area (Å²) in [5, 5.41) is 6.44. The molecule has 1 aromatic carbocycles. The molecule has 1 saturated heterocycles. The summed E-state index contributed by atoms with van der Waals surface area (Å²) in [6.07, 6.45) is -7.12. The lowest BCUT2D eigenvalue weighted by Gasteiger charge is -2.27.